The van der Waals surface area contributed by atoms with Gasteiger partial charge in [0.1, 0.15) is 0 Å². The number of aliphatic hydroxyl groups is 1. The second-order valence-corrected chi connectivity index (χ2v) is 3.05. The van der Waals surface area contributed by atoms with E-state index < -0.39 is 12.1 Å². The van der Waals surface area contributed by atoms with E-state index in [4.69, 9.17) is 15.9 Å². The number of phenols is 2. The number of phenolic OH excluding ortho intramolecular Hbond substituents is 2. The summed E-state index contributed by atoms with van der Waals surface area (Å²) in [5.41, 5.74) is 5.95. The molecule has 0 saturated carbocycles. The predicted octanol–water partition coefficient (Wildman–Crippen LogP) is 0.478. The first-order valence-electron chi connectivity index (χ1n) is 3.98. The Morgan fingerprint density at radius 2 is 1.85 bits per heavy atom. The van der Waals surface area contributed by atoms with Gasteiger partial charge in [-0.15, -0.1) is 0 Å². The fourth-order valence-corrected chi connectivity index (χ4v) is 1.03. The maximum atomic E-state index is 9.50. The molecule has 0 radical (unpaired) electrons. The van der Waals surface area contributed by atoms with Crippen molar-refractivity contribution in [3.63, 3.8) is 0 Å². The van der Waals surface area contributed by atoms with E-state index in [1.807, 2.05) is 0 Å². The fraction of sp³-hybridized carbons (Fsp3) is 0.333. The summed E-state index contributed by atoms with van der Waals surface area (Å²) in [6.07, 6.45) is -0.827. The Morgan fingerprint density at radius 1 is 1.23 bits per heavy atom. The molecule has 4 heteroatoms. The van der Waals surface area contributed by atoms with Crippen LogP contribution in [0.5, 0.6) is 11.5 Å². The third-order valence-corrected chi connectivity index (χ3v) is 1.84. The summed E-state index contributed by atoms with van der Waals surface area (Å²) in [4.78, 5) is 0. The van der Waals surface area contributed by atoms with Crippen LogP contribution in [0, 0.1) is 0 Å². The molecule has 0 aliphatic heterocycles. The van der Waals surface area contributed by atoms with E-state index in [1.165, 1.54) is 18.2 Å². The zero-order valence-electron chi connectivity index (χ0n) is 7.31. The minimum absolute atomic E-state index is 0.208. The molecular formula is C9H13NO3. The highest BCUT2D eigenvalue weighted by molar-refractivity contribution is 5.41. The molecule has 2 atom stereocenters. The van der Waals surface area contributed by atoms with E-state index in [0.29, 0.717) is 5.56 Å². The molecule has 4 nitrogen and oxygen atoms in total. The third kappa shape index (κ3) is 2.11. The van der Waals surface area contributed by atoms with E-state index in [-0.39, 0.29) is 11.5 Å². The lowest BCUT2D eigenvalue weighted by Crippen LogP contribution is -2.24. The van der Waals surface area contributed by atoms with E-state index in [0.717, 1.165) is 0 Å². The quantitative estimate of drug-likeness (QED) is 0.502. The van der Waals surface area contributed by atoms with Gasteiger partial charge in [-0.25, -0.2) is 0 Å². The van der Waals surface area contributed by atoms with Crippen molar-refractivity contribution in [2.45, 2.75) is 19.1 Å². The van der Waals surface area contributed by atoms with Gasteiger partial charge in [-0.3, -0.25) is 0 Å². The van der Waals surface area contributed by atoms with Crippen LogP contribution in [0.4, 0.5) is 0 Å². The minimum Gasteiger partial charge on any atom is -0.504 e. The predicted molar refractivity (Wildman–Crippen MR) is 48.4 cm³/mol. The molecule has 1 aromatic carbocycles. The number of nitrogens with two attached hydrogens (primary N) is 1. The van der Waals surface area contributed by atoms with Gasteiger partial charge in [0.15, 0.2) is 11.5 Å². The zero-order valence-corrected chi connectivity index (χ0v) is 7.31. The third-order valence-electron chi connectivity index (χ3n) is 1.84. The second-order valence-electron chi connectivity index (χ2n) is 3.05. The topological polar surface area (TPSA) is 86.7 Å². The van der Waals surface area contributed by atoms with Crippen LogP contribution >= 0.6 is 0 Å². The fourth-order valence-electron chi connectivity index (χ4n) is 1.03. The summed E-state index contributed by atoms with van der Waals surface area (Å²) in [7, 11) is 0. The van der Waals surface area contributed by atoms with Crippen molar-refractivity contribution < 1.29 is 15.3 Å². The first kappa shape index (κ1) is 9.83. The maximum absolute atomic E-state index is 9.50. The van der Waals surface area contributed by atoms with Crippen LogP contribution in [0.15, 0.2) is 18.2 Å². The van der Waals surface area contributed by atoms with E-state index in [9.17, 15) is 5.11 Å². The van der Waals surface area contributed by atoms with E-state index >= 15 is 0 Å². The van der Waals surface area contributed by atoms with Gasteiger partial charge >= 0.3 is 0 Å². The SMILES string of the molecule is C[C@@H](N)[C@H](O)c1ccc(O)c(O)c1. The molecule has 0 aliphatic carbocycles. The molecule has 13 heavy (non-hydrogen) atoms. The highest BCUT2D eigenvalue weighted by atomic mass is 16.3. The summed E-state index contributed by atoms with van der Waals surface area (Å²) in [5.74, 6) is -0.460. The molecule has 0 saturated heterocycles. The molecule has 0 amide bonds. The molecule has 0 heterocycles. The Bertz CT molecular complexity index is 299. The minimum atomic E-state index is -0.827. The van der Waals surface area contributed by atoms with Crippen molar-refractivity contribution in [3.05, 3.63) is 23.8 Å². The molecule has 0 fully saturated rings. The lowest BCUT2D eigenvalue weighted by atomic mass is 10.0. The Kier molecular flexibility index (Phi) is 2.75. The molecule has 0 aromatic heterocycles. The van der Waals surface area contributed by atoms with Crippen LogP contribution in [0.2, 0.25) is 0 Å². The average Bonchev–Trinajstić information content (AvgIpc) is 2.08. The van der Waals surface area contributed by atoms with Crippen LogP contribution in [0.25, 0.3) is 0 Å². The highest BCUT2D eigenvalue weighted by Gasteiger charge is 2.13. The van der Waals surface area contributed by atoms with Crippen molar-refractivity contribution in [1.82, 2.24) is 0 Å². The summed E-state index contributed by atoms with van der Waals surface area (Å²) >= 11 is 0. The molecule has 0 aliphatic rings. The van der Waals surface area contributed by atoms with Crippen molar-refractivity contribution in [1.29, 1.82) is 0 Å². The van der Waals surface area contributed by atoms with Crippen molar-refractivity contribution in [2.75, 3.05) is 0 Å². The normalized spacial score (nSPS) is 15.3. The molecular weight excluding hydrogens is 170 g/mol. The number of aliphatic hydroxyl groups excluding tert-OH is 1. The van der Waals surface area contributed by atoms with E-state index in [1.54, 1.807) is 6.92 Å². The molecule has 5 N–H and O–H groups in total. The second kappa shape index (κ2) is 3.64. The standard InChI is InChI=1S/C9H13NO3/c1-5(10)9(13)6-2-3-7(11)8(12)4-6/h2-5,9,11-13H,10H2,1H3/t5-,9+/m1/s1. The molecule has 72 valence electrons. The first-order chi connectivity index (χ1) is 6.02. The summed E-state index contributed by atoms with van der Waals surface area (Å²) in [5, 5.41) is 27.6. The Labute approximate surface area is 76.2 Å². The van der Waals surface area contributed by atoms with Crippen molar-refractivity contribution in [2.24, 2.45) is 5.73 Å². The van der Waals surface area contributed by atoms with Crippen LogP contribution in [0.3, 0.4) is 0 Å². The van der Waals surface area contributed by atoms with Gasteiger partial charge in [-0.1, -0.05) is 6.07 Å². The largest absolute Gasteiger partial charge is 0.504 e. The highest BCUT2D eigenvalue weighted by Crippen LogP contribution is 2.28. The summed E-state index contributed by atoms with van der Waals surface area (Å²) in [6, 6.07) is 3.71. The molecule has 0 bridgehead atoms. The van der Waals surface area contributed by atoms with Crippen LogP contribution < -0.4 is 5.73 Å². The van der Waals surface area contributed by atoms with Gasteiger partial charge in [0.25, 0.3) is 0 Å². The lowest BCUT2D eigenvalue weighted by Gasteiger charge is -2.14. The van der Waals surface area contributed by atoms with Crippen LogP contribution in [-0.2, 0) is 0 Å². The smallest absolute Gasteiger partial charge is 0.157 e. The summed E-state index contributed by atoms with van der Waals surface area (Å²) in [6.45, 7) is 1.66. The van der Waals surface area contributed by atoms with Gasteiger partial charge in [0.2, 0.25) is 0 Å². The van der Waals surface area contributed by atoms with Gasteiger partial charge in [0.05, 0.1) is 6.10 Å². The first-order valence-corrected chi connectivity index (χ1v) is 3.98. The average molecular weight is 183 g/mol. The van der Waals surface area contributed by atoms with Gasteiger partial charge in [0, 0.05) is 6.04 Å². The molecule has 1 rings (SSSR count). The maximum Gasteiger partial charge on any atom is 0.157 e. The van der Waals surface area contributed by atoms with Gasteiger partial charge < -0.3 is 21.1 Å². The van der Waals surface area contributed by atoms with Crippen molar-refractivity contribution >= 4 is 0 Å². The van der Waals surface area contributed by atoms with Crippen molar-refractivity contribution in [3.8, 4) is 11.5 Å². The number of rotatable bonds is 2. The number of benzene rings is 1. The number of aromatic hydroxyl groups is 2. The number of hydrogen-bond donors (Lipinski definition) is 4. The molecule has 0 unspecified atom stereocenters. The Morgan fingerprint density at radius 3 is 2.31 bits per heavy atom. The monoisotopic (exact) mass is 183 g/mol. The summed E-state index contributed by atoms with van der Waals surface area (Å²) < 4.78 is 0. The molecule has 1 aromatic rings. The van der Waals surface area contributed by atoms with E-state index in [2.05, 4.69) is 0 Å². The van der Waals surface area contributed by atoms with Crippen LogP contribution in [-0.4, -0.2) is 21.4 Å². The number of hydrogen-bond acceptors (Lipinski definition) is 4. The van der Waals surface area contributed by atoms with Gasteiger partial charge in [-0.2, -0.15) is 0 Å². The van der Waals surface area contributed by atoms with Crippen LogP contribution in [0.1, 0.15) is 18.6 Å². The van der Waals surface area contributed by atoms with Gasteiger partial charge in [-0.05, 0) is 24.6 Å². The Hall–Kier alpha value is -1.26. The lowest BCUT2D eigenvalue weighted by molar-refractivity contribution is 0.153. The zero-order chi connectivity index (χ0) is 10.0. The molecule has 0 spiro atoms. The Balaban J connectivity index is 2.97.